The Balaban J connectivity index is 1.47. The molecule has 4 rings (SSSR count). The third-order valence-electron chi connectivity index (χ3n) is 5.93. The standard InChI is InChI=1S/C22H25ClN4O/c23-19-6-7-20-17(14-19)4-1-2-11-27(20)22(28)16-8-12-26(13-9-16)21-18(15-24)5-3-10-25-21/h3,5-7,10,14,16,22,28H,1-2,4,8-9,11-13H2. The van der Waals surface area contributed by atoms with E-state index in [4.69, 9.17) is 11.6 Å². The predicted octanol–water partition coefficient (Wildman–Crippen LogP) is 3.98. The number of hydrogen-bond donors (Lipinski definition) is 1. The first-order valence-corrected chi connectivity index (χ1v) is 10.4. The molecule has 3 heterocycles. The minimum absolute atomic E-state index is 0.201. The van der Waals surface area contributed by atoms with Crippen LogP contribution in [0.2, 0.25) is 5.02 Å². The van der Waals surface area contributed by atoms with Crippen molar-refractivity contribution in [2.45, 2.75) is 38.3 Å². The number of nitriles is 1. The third-order valence-corrected chi connectivity index (χ3v) is 6.17. The number of aryl methyl sites for hydroxylation is 1. The van der Waals surface area contributed by atoms with E-state index >= 15 is 0 Å². The molecule has 146 valence electrons. The van der Waals surface area contributed by atoms with E-state index in [2.05, 4.69) is 26.9 Å². The number of halogens is 1. The number of piperidine rings is 1. The van der Waals surface area contributed by atoms with E-state index in [9.17, 15) is 10.4 Å². The van der Waals surface area contributed by atoms with Gasteiger partial charge in [0.05, 0.1) is 5.56 Å². The first kappa shape index (κ1) is 19.0. The van der Waals surface area contributed by atoms with Crippen LogP contribution < -0.4 is 9.80 Å². The maximum absolute atomic E-state index is 11.2. The van der Waals surface area contributed by atoms with Gasteiger partial charge in [0, 0.05) is 42.5 Å². The van der Waals surface area contributed by atoms with Gasteiger partial charge >= 0.3 is 0 Å². The van der Waals surface area contributed by atoms with Crippen molar-refractivity contribution in [3.63, 3.8) is 0 Å². The first-order chi connectivity index (χ1) is 13.7. The lowest BCUT2D eigenvalue weighted by Crippen LogP contribution is -2.46. The summed E-state index contributed by atoms with van der Waals surface area (Å²) < 4.78 is 0. The number of nitrogens with zero attached hydrogens (tertiary/aromatic N) is 4. The van der Waals surface area contributed by atoms with Gasteiger partial charge in [-0.25, -0.2) is 4.98 Å². The van der Waals surface area contributed by atoms with Crippen molar-refractivity contribution in [1.29, 1.82) is 5.26 Å². The van der Waals surface area contributed by atoms with Gasteiger partial charge in [-0.2, -0.15) is 5.26 Å². The summed E-state index contributed by atoms with van der Waals surface area (Å²) in [6.45, 7) is 2.47. The fourth-order valence-electron chi connectivity index (χ4n) is 4.43. The molecule has 0 radical (unpaired) electrons. The quantitative estimate of drug-likeness (QED) is 0.849. The molecule has 2 aliphatic heterocycles. The number of anilines is 2. The minimum Gasteiger partial charge on any atom is -0.373 e. The Kier molecular flexibility index (Phi) is 5.70. The van der Waals surface area contributed by atoms with E-state index in [-0.39, 0.29) is 5.92 Å². The monoisotopic (exact) mass is 396 g/mol. The molecule has 1 aromatic carbocycles. The van der Waals surface area contributed by atoms with Gasteiger partial charge in [-0.05, 0) is 68.0 Å². The zero-order valence-corrected chi connectivity index (χ0v) is 16.6. The molecular formula is C22H25ClN4O. The van der Waals surface area contributed by atoms with Gasteiger partial charge in [-0.1, -0.05) is 11.6 Å². The van der Waals surface area contributed by atoms with Crippen molar-refractivity contribution < 1.29 is 5.11 Å². The van der Waals surface area contributed by atoms with Crippen molar-refractivity contribution in [3.05, 3.63) is 52.7 Å². The largest absolute Gasteiger partial charge is 0.373 e. The molecular weight excluding hydrogens is 372 g/mol. The summed E-state index contributed by atoms with van der Waals surface area (Å²) in [6, 6.07) is 11.8. The molecule has 0 spiro atoms. The second kappa shape index (κ2) is 8.38. The number of aliphatic hydroxyl groups is 1. The number of pyridine rings is 1. The Labute approximate surface area is 171 Å². The van der Waals surface area contributed by atoms with E-state index in [1.165, 1.54) is 5.56 Å². The van der Waals surface area contributed by atoms with Crippen LogP contribution in [0.4, 0.5) is 11.5 Å². The molecule has 1 N–H and O–H groups in total. The Hall–Kier alpha value is -2.29. The average Bonchev–Trinajstić information content (AvgIpc) is 2.95. The minimum atomic E-state index is -0.501. The molecule has 0 aliphatic carbocycles. The fourth-order valence-corrected chi connectivity index (χ4v) is 4.62. The van der Waals surface area contributed by atoms with Gasteiger partial charge in [-0.15, -0.1) is 0 Å². The summed E-state index contributed by atoms with van der Waals surface area (Å²) in [7, 11) is 0. The highest BCUT2D eigenvalue weighted by Gasteiger charge is 2.31. The number of aliphatic hydroxyl groups excluding tert-OH is 1. The van der Waals surface area contributed by atoms with Gasteiger partial charge in [0.15, 0.2) is 0 Å². The zero-order valence-electron chi connectivity index (χ0n) is 15.9. The van der Waals surface area contributed by atoms with E-state index in [0.29, 0.717) is 5.56 Å². The van der Waals surface area contributed by atoms with Crippen molar-refractivity contribution in [3.8, 4) is 6.07 Å². The summed E-state index contributed by atoms with van der Waals surface area (Å²) >= 11 is 6.19. The highest BCUT2D eigenvalue weighted by atomic mass is 35.5. The van der Waals surface area contributed by atoms with E-state index in [0.717, 1.165) is 68.3 Å². The second-order valence-electron chi connectivity index (χ2n) is 7.65. The van der Waals surface area contributed by atoms with Gasteiger partial charge in [0.1, 0.15) is 18.1 Å². The average molecular weight is 397 g/mol. The van der Waals surface area contributed by atoms with Crippen LogP contribution >= 0.6 is 11.6 Å². The van der Waals surface area contributed by atoms with Crippen LogP contribution in [0.5, 0.6) is 0 Å². The first-order valence-electron chi connectivity index (χ1n) is 10.0. The van der Waals surface area contributed by atoms with E-state index in [1.807, 2.05) is 18.2 Å². The maximum Gasteiger partial charge on any atom is 0.146 e. The van der Waals surface area contributed by atoms with Gasteiger partial charge in [0.2, 0.25) is 0 Å². The van der Waals surface area contributed by atoms with Crippen LogP contribution in [-0.4, -0.2) is 36.0 Å². The lowest BCUT2D eigenvalue weighted by molar-refractivity contribution is 0.0884. The lowest BCUT2D eigenvalue weighted by Gasteiger charge is -2.40. The van der Waals surface area contributed by atoms with E-state index in [1.54, 1.807) is 12.3 Å². The predicted molar refractivity (Wildman–Crippen MR) is 112 cm³/mol. The Morgan fingerprint density at radius 2 is 2.00 bits per heavy atom. The smallest absolute Gasteiger partial charge is 0.146 e. The number of rotatable bonds is 3. The van der Waals surface area contributed by atoms with Crippen LogP contribution in [0.1, 0.15) is 36.8 Å². The topological polar surface area (TPSA) is 63.4 Å². The van der Waals surface area contributed by atoms with Gasteiger partial charge < -0.3 is 14.9 Å². The number of benzene rings is 1. The number of fused-ring (bicyclic) bond motifs is 1. The zero-order chi connectivity index (χ0) is 19.5. The van der Waals surface area contributed by atoms with Crippen molar-refractivity contribution in [2.75, 3.05) is 29.4 Å². The summed E-state index contributed by atoms with van der Waals surface area (Å²) in [6.07, 6.45) is 6.18. The van der Waals surface area contributed by atoms with Crippen molar-refractivity contribution in [1.82, 2.24) is 4.98 Å². The van der Waals surface area contributed by atoms with Crippen LogP contribution in [0.25, 0.3) is 0 Å². The Morgan fingerprint density at radius 1 is 1.18 bits per heavy atom. The Morgan fingerprint density at radius 3 is 2.79 bits per heavy atom. The summed E-state index contributed by atoms with van der Waals surface area (Å²) in [5.41, 5.74) is 2.96. The molecule has 1 saturated heterocycles. The molecule has 2 aliphatic rings. The SMILES string of the molecule is N#Cc1cccnc1N1CCC(C(O)N2CCCCc3cc(Cl)ccc32)CC1. The molecule has 5 nitrogen and oxygen atoms in total. The Bertz CT molecular complexity index is 873. The molecule has 0 amide bonds. The molecule has 0 saturated carbocycles. The molecule has 1 aromatic heterocycles. The molecule has 2 aromatic rings. The molecule has 1 atom stereocenters. The molecule has 1 unspecified atom stereocenters. The van der Waals surface area contributed by atoms with Crippen LogP contribution in [0, 0.1) is 17.2 Å². The maximum atomic E-state index is 11.2. The summed E-state index contributed by atoms with van der Waals surface area (Å²) in [4.78, 5) is 8.73. The normalized spacial score (nSPS) is 18.9. The van der Waals surface area contributed by atoms with Crippen molar-refractivity contribution >= 4 is 23.1 Å². The molecule has 0 bridgehead atoms. The number of aromatic nitrogens is 1. The van der Waals surface area contributed by atoms with E-state index < -0.39 is 6.23 Å². The molecule has 28 heavy (non-hydrogen) atoms. The molecule has 6 heteroatoms. The second-order valence-corrected chi connectivity index (χ2v) is 8.08. The lowest BCUT2D eigenvalue weighted by atomic mass is 9.93. The summed E-state index contributed by atoms with van der Waals surface area (Å²) in [5.74, 6) is 0.958. The van der Waals surface area contributed by atoms with Gasteiger partial charge in [-0.3, -0.25) is 0 Å². The van der Waals surface area contributed by atoms with Gasteiger partial charge in [0.25, 0.3) is 0 Å². The fraction of sp³-hybridized carbons (Fsp3) is 0.455. The van der Waals surface area contributed by atoms with Crippen LogP contribution in [-0.2, 0) is 6.42 Å². The summed E-state index contributed by atoms with van der Waals surface area (Å²) in [5, 5.41) is 21.3. The highest BCUT2D eigenvalue weighted by Crippen LogP contribution is 2.34. The van der Waals surface area contributed by atoms with Crippen molar-refractivity contribution in [2.24, 2.45) is 5.92 Å². The van der Waals surface area contributed by atoms with Crippen LogP contribution in [0.15, 0.2) is 36.5 Å². The number of hydrogen-bond acceptors (Lipinski definition) is 5. The highest BCUT2D eigenvalue weighted by molar-refractivity contribution is 6.30. The third kappa shape index (κ3) is 3.80. The molecule has 1 fully saturated rings. The van der Waals surface area contributed by atoms with Crippen LogP contribution in [0.3, 0.4) is 0 Å².